The summed E-state index contributed by atoms with van der Waals surface area (Å²) in [5, 5.41) is 22.2. The Hall–Kier alpha value is -1.93. The number of esters is 1. The van der Waals surface area contributed by atoms with Crippen LogP contribution in [-0.2, 0) is 23.9 Å². The average molecular weight is 436 g/mol. The Kier molecular flexibility index (Phi) is 4.87. The van der Waals surface area contributed by atoms with E-state index < -0.39 is 70.0 Å². The Balaban J connectivity index is 1.71. The van der Waals surface area contributed by atoms with Crippen LogP contribution in [0, 0.1) is 22.7 Å². The Morgan fingerprint density at radius 3 is 2.55 bits per heavy atom. The molecule has 170 valence electrons. The highest BCUT2D eigenvalue weighted by Crippen LogP contribution is 2.70. The van der Waals surface area contributed by atoms with Crippen LogP contribution in [0.3, 0.4) is 0 Å². The molecule has 1 unspecified atom stereocenters. The number of carbonyl (C=O) groups excluding carboxylic acids is 4. The van der Waals surface area contributed by atoms with Crippen molar-refractivity contribution < 1.29 is 38.5 Å². The third-order valence-corrected chi connectivity index (χ3v) is 9.01. The van der Waals surface area contributed by atoms with Gasteiger partial charge in [0.2, 0.25) is 17.3 Å². The minimum absolute atomic E-state index is 0.00411. The van der Waals surface area contributed by atoms with Crippen molar-refractivity contribution in [2.75, 3.05) is 6.61 Å². The van der Waals surface area contributed by atoms with Crippen LogP contribution < -0.4 is 0 Å². The Labute approximate surface area is 180 Å². The number of aliphatic hydroxyl groups excluding tert-OH is 1. The van der Waals surface area contributed by atoms with Crippen molar-refractivity contribution in [2.24, 2.45) is 22.7 Å². The average Bonchev–Trinajstić information content (AvgIpc) is 2.90. The fraction of sp³-hybridized carbons (Fsp3) is 0.739. The highest BCUT2D eigenvalue weighted by Gasteiger charge is 2.74. The first-order valence-corrected chi connectivity index (χ1v) is 10.9. The van der Waals surface area contributed by atoms with Gasteiger partial charge in [0, 0.05) is 24.2 Å². The summed E-state index contributed by atoms with van der Waals surface area (Å²) < 4.78 is 21.6. The van der Waals surface area contributed by atoms with Crippen LogP contribution in [0.2, 0.25) is 0 Å². The zero-order valence-corrected chi connectivity index (χ0v) is 18.1. The van der Waals surface area contributed by atoms with Crippen molar-refractivity contribution in [2.45, 2.75) is 76.7 Å². The van der Waals surface area contributed by atoms with E-state index in [-0.39, 0.29) is 25.7 Å². The standard InChI is InChI=1S/C23H29FO7/c1-12(25)31-11-19(29)23(30)18(28)9-15-14-5-4-13-8-16(26)17(27)10-21(13,3)22(14,24)7-6-20(15,23)2/h8,14-15,18,28,30H,4-7,9-11H2,1-3H3/t14-,15-,18?,20-,21-,22+,23-/m0/s1. The summed E-state index contributed by atoms with van der Waals surface area (Å²) in [6.45, 7) is 3.89. The lowest BCUT2D eigenvalue weighted by molar-refractivity contribution is -0.195. The molecule has 0 aromatic rings. The topological polar surface area (TPSA) is 118 Å². The molecule has 0 radical (unpaired) electrons. The van der Waals surface area contributed by atoms with Gasteiger partial charge in [-0.05, 0) is 50.0 Å². The summed E-state index contributed by atoms with van der Waals surface area (Å²) in [6, 6.07) is 0. The van der Waals surface area contributed by atoms with Crippen molar-refractivity contribution in [3.8, 4) is 0 Å². The van der Waals surface area contributed by atoms with Gasteiger partial charge < -0.3 is 14.9 Å². The van der Waals surface area contributed by atoms with Gasteiger partial charge in [0.05, 0.1) is 6.10 Å². The molecule has 0 bridgehead atoms. The highest BCUT2D eigenvalue weighted by molar-refractivity contribution is 6.42. The first kappa shape index (κ1) is 22.3. The number of fused-ring (bicyclic) bond motifs is 5. The van der Waals surface area contributed by atoms with Crippen molar-refractivity contribution >= 4 is 23.3 Å². The molecule has 2 N–H and O–H groups in total. The van der Waals surface area contributed by atoms with E-state index in [1.807, 2.05) is 0 Å². The van der Waals surface area contributed by atoms with Crippen LogP contribution in [0.15, 0.2) is 11.6 Å². The second-order valence-corrected chi connectivity index (χ2v) is 10.2. The van der Waals surface area contributed by atoms with Crippen LogP contribution in [0.4, 0.5) is 4.39 Å². The second-order valence-electron chi connectivity index (χ2n) is 10.2. The van der Waals surface area contributed by atoms with E-state index in [1.165, 1.54) is 6.08 Å². The van der Waals surface area contributed by atoms with Crippen LogP contribution in [0.1, 0.15) is 59.3 Å². The number of rotatable bonds is 3. The number of halogens is 1. The zero-order chi connectivity index (χ0) is 23.0. The Bertz CT molecular complexity index is 912. The number of hydrogen-bond acceptors (Lipinski definition) is 7. The lowest BCUT2D eigenvalue weighted by Crippen LogP contribution is -2.65. The summed E-state index contributed by atoms with van der Waals surface area (Å²) in [5.74, 6) is -3.73. The molecule has 0 amide bonds. The van der Waals surface area contributed by atoms with Crippen LogP contribution in [0.5, 0.6) is 0 Å². The summed E-state index contributed by atoms with van der Waals surface area (Å²) >= 11 is 0. The summed E-state index contributed by atoms with van der Waals surface area (Å²) in [7, 11) is 0. The van der Waals surface area contributed by atoms with Gasteiger partial charge in [-0.3, -0.25) is 19.2 Å². The molecule has 0 spiro atoms. The molecule has 31 heavy (non-hydrogen) atoms. The Morgan fingerprint density at radius 2 is 1.90 bits per heavy atom. The maximum absolute atomic E-state index is 16.9. The number of allylic oxidation sites excluding steroid dienone is 1. The normalized spacial score (nSPS) is 46.5. The lowest BCUT2D eigenvalue weighted by atomic mass is 9.44. The fourth-order valence-electron chi connectivity index (χ4n) is 7.15. The van der Waals surface area contributed by atoms with E-state index in [0.29, 0.717) is 18.4 Å². The minimum Gasteiger partial charge on any atom is -0.458 e. The summed E-state index contributed by atoms with van der Waals surface area (Å²) in [5.41, 5.74) is -5.50. The number of Topliss-reactive ketones (excluding diaryl/α,β-unsaturated/α-hetero) is 2. The van der Waals surface area contributed by atoms with Crippen molar-refractivity contribution in [1.82, 2.24) is 0 Å². The van der Waals surface area contributed by atoms with Gasteiger partial charge in [-0.15, -0.1) is 0 Å². The van der Waals surface area contributed by atoms with Crippen LogP contribution in [0.25, 0.3) is 0 Å². The molecule has 0 aliphatic heterocycles. The summed E-state index contributed by atoms with van der Waals surface area (Å²) in [4.78, 5) is 48.1. The largest absolute Gasteiger partial charge is 0.458 e. The second kappa shape index (κ2) is 6.78. The van der Waals surface area contributed by atoms with Crippen LogP contribution in [-0.4, -0.2) is 57.5 Å². The van der Waals surface area contributed by atoms with E-state index >= 15 is 4.39 Å². The molecule has 0 aromatic carbocycles. The van der Waals surface area contributed by atoms with Gasteiger partial charge in [0.15, 0.2) is 12.2 Å². The maximum atomic E-state index is 16.9. The Morgan fingerprint density at radius 1 is 1.23 bits per heavy atom. The van der Waals surface area contributed by atoms with E-state index in [1.54, 1.807) is 13.8 Å². The first-order valence-electron chi connectivity index (χ1n) is 10.9. The van der Waals surface area contributed by atoms with Gasteiger partial charge >= 0.3 is 5.97 Å². The minimum atomic E-state index is -2.15. The molecule has 7 nitrogen and oxygen atoms in total. The molecule has 3 saturated carbocycles. The molecule has 4 aliphatic rings. The van der Waals surface area contributed by atoms with E-state index in [9.17, 15) is 29.4 Å². The summed E-state index contributed by atoms with van der Waals surface area (Å²) in [6.07, 6.45) is 0.704. The number of aliphatic hydroxyl groups is 2. The monoisotopic (exact) mass is 436 g/mol. The van der Waals surface area contributed by atoms with Gasteiger partial charge in [0.1, 0.15) is 5.67 Å². The van der Waals surface area contributed by atoms with Gasteiger partial charge in [-0.2, -0.15) is 0 Å². The quantitative estimate of drug-likeness (QED) is 0.510. The van der Waals surface area contributed by atoms with Crippen molar-refractivity contribution in [3.63, 3.8) is 0 Å². The van der Waals surface area contributed by atoms with Crippen molar-refractivity contribution in [3.05, 3.63) is 11.6 Å². The third kappa shape index (κ3) is 2.70. The molecular formula is C23H29FO7. The highest BCUT2D eigenvalue weighted by atomic mass is 19.1. The molecule has 7 atom stereocenters. The SMILES string of the molecule is CC(=O)OCC(=O)[C@@]1(O)C(O)C[C@H]2[C@@H]3CCC4=CC(=O)C(=O)C[C@]4(C)[C@@]3(F)CC[C@@]21C. The van der Waals surface area contributed by atoms with E-state index in [0.717, 1.165) is 6.92 Å². The number of ketones is 3. The molecule has 4 aliphatic carbocycles. The predicted octanol–water partition coefficient (Wildman–Crippen LogP) is 1.62. The van der Waals surface area contributed by atoms with Gasteiger partial charge in [-0.25, -0.2) is 4.39 Å². The fourth-order valence-corrected chi connectivity index (χ4v) is 7.15. The van der Waals surface area contributed by atoms with E-state index in [4.69, 9.17) is 4.74 Å². The third-order valence-electron chi connectivity index (χ3n) is 9.01. The molecule has 0 saturated heterocycles. The first-order chi connectivity index (χ1) is 14.3. The smallest absolute Gasteiger partial charge is 0.303 e. The molecule has 4 rings (SSSR count). The van der Waals surface area contributed by atoms with Crippen LogP contribution >= 0.6 is 0 Å². The van der Waals surface area contributed by atoms with E-state index in [2.05, 4.69) is 0 Å². The number of carbonyl (C=O) groups is 4. The lowest BCUT2D eigenvalue weighted by Gasteiger charge is -2.61. The molecule has 0 aromatic heterocycles. The zero-order valence-electron chi connectivity index (χ0n) is 18.1. The molecule has 0 heterocycles. The number of ether oxygens (including phenoxy) is 1. The predicted molar refractivity (Wildman–Crippen MR) is 105 cm³/mol. The van der Waals surface area contributed by atoms with Crippen molar-refractivity contribution in [1.29, 1.82) is 0 Å². The number of hydrogen-bond donors (Lipinski definition) is 2. The molecule has 3 fully saturated rings. The molecule has 8 heteroatoms. The number of alkyl halides is 1. The molecular weight excluding hydrogens is 407 g/mol. The maximum Gasteiger partial charge on any atom is 0.303 e. The van der Waals surface area contributed by atoms with Gasteiger partial charge in [-0.1, -0.05) is 19.4 Å². The van der Waals surface area contributed by atoms with Gasteiger partial charge in [0.25, 0.3) is 0 Å².